The zero-order valence-electron chi connectivity index (χ0n) is 13.5. The van der Waals surface area contributed by atoms with Crippen LogP contribution in [0.5, 0.6) is 0 Å². The summed E-state index contributed by atoms with van der Waals surface area (Å²) in [5.41, 5.74) is -0.120. The fourth-order valence-corrected chi connectivity index (χ4v) is 4.48. The first-order chi connectivity index (χ1) is 10.9. The summed E-state index contributed by atoms with van der Waals surface area (Å²) in [6.45, 7) is 2.22. The number of nitrogens with one attached hydrogen (secondary N) is 1. The average molecular weight is 343 g/mol. The van der Waals surface area contributed by atoms with Crippen LogP contribution >= 0.6 is 0 Å². The minimum Gasteiger partial charge on any atom is -0.389 e. The van der Waals surface area contributed by atoms with E-state index in [1.54, 1.807) is 0 Å². The highest BCUT2D eigenvalue weighted by atomic mass is 32.2. The van der Waals surface area contributed by atoms with Crippen molar-refractivity contribution in [3.63, 3.8) is 0 Å². The van der Waals surface area contributed by atoms with E-state index in [4.69, 9.17) is 4.74 Å². The number of ether oxygens (including phenoxy) is 1. The number of aromatic amines is 1. The molecule has 0 spiro atoms. The van der Waals surface area contributed by atoms with Crippen LogP contribution in [0.15, 0.2) is 11.1 Å². The van der Waals surface area contributed by atoms with Gasteiger partial charge in [-0.1, -0.05) is 19.3 Å². The molecular weight excluding hydrogens is 318 g/mol. The Labute approximate surface area is 136 Å². The number of hydrogen-bond donors (Lipinski definition) is 2. The predicted molar refractivity (Wildman–Crippen MR) is 84.9 cm³/mol. The van der Waals surface area contributed by atoms with Gasteiger partial charge in [0.2, 0.25) is 0 Å². The van der Waals surface area contributed by atoms with E-state index in [2.05, 4.69) is 15.1 Å². The number of rotatable bonds is 4. The molecule has 0 bridgehead atoms. The van der Waals surface area contributed by atoms with Crippen molar-refractivity contribution in [1.82, 2.24) is 15.1 Å². The molecule has 0 unspecified atom stereocenters. The van der Waals surface area contributed by atoms with E-state index in [0.29, 0.717) is 32.0 Å². The molecule has 1 aromatic rings. The van der Waals surface area contributed by atoms with Crippen LogP contribution in [0.3, 0.4) is 0 Å². The number of morpholine rings is 1. The van der Waals surface area contributed by atoms with E-state index in [9.17, 15) is 13.5 Å². The molecule has 23 heavy (non-hydrogen) atoms. The Kier molecular flexibility index (Phi) is 4.78. The van der Waals surface area contributed by atoms with E-state index < -0.39 is 15.4 Å². The molecule has 8 heteroatoms. The lowest BCUT2D eigenvalue weighted by atomic mass is 9.84. The molecule has 1 saturated carbocycles. The van der Waals surface area contributed by atoms with Crippen LogP contribution in [0.25, 0.3) is 0 Å². The molecule has 2 N–H and O–H groups in total. The summed E-state index contributed by atoms with van der Waals surface area (Å²) in [6.07, 6.45) is 7.41. The molecule has 2 aliphatic rings. The SMILES string of the molecule is CS(=O)(=O)c1cn[nH]c1[C@H]1COCCN1CC1(O)CCCCC1. The monoisotopic (exact) mass is 343 g/mol. The van der Waals surface area contributed by atoms with Gasteiger partial charge in [0.05, 0.1) is 36.7 Å². The third kappa shape index (κ3) is 3.76. The second-order valence-corrected chi connectivity index (χ2v) is 8.75. The van der Waals surface area contributed by atoms with Gasteiger partial charge >= 0.3 is 0 Å². The molecule has 2 fully saturated rings. The number of H-pyrrole nitrogens is 1. The molecule has 2 heterocycles. The maximum absolute atomic E-state index is 11.9. The molecule has 0 amide bonds. The second kappa shape index (κ2) is 6.51. The van der Waals surface area contributed by atoms with Gasteiger partial charge < -0.3 is 9.84 Å². The number of aromatic nitrogens is 2. The Hall–Kier alpha value is -0.960. The molecule has 1 aromatic heterocycles. The topological polar surface area (TPSA) is 95.5 Å². The van der Waals surface area contributed by atoms with Crippen LogP contribution in [0.1, 0.15) is 43.8 Å². The molecule has 130 valence electrons. The number of nitrogens with zero attached hydrogens (tertiary/aromatic N) is 2. The second-order valence-electron chi connectivity index (χ2n) is 6.77. The van der Waals surface area contributed by atoms with E-state index in [1.807, 2.05) is 0 Å². The summed E-state index contributed by atoms with van der Waals surface area (Å²) in [6, 6.07) is -0.220. The molecule has 1 atom stereocenters. The maximum atomic E-state index is 11.9. The smallest absolute Gasteiger partial charge is 0.178 e. The van der Waals surface area contributed by atoms with Crippen molar-refractivity contribution in [3.05, 3.63) is 11.9 Å². The van der Waals surface area contributed by atoms with Crippen LogP contribution in [-0.2, 0) is 14.6 Å². The van der Waals surface area contributed by atoms with Crippen molar-refractivity contribution in [2.45, 2.75) is 48.6 Å². The van der Waals surface area contributed by atoms with Gasteiger partial charge in [-0.2, -0.15) is 5.10 Å². The Morgan fingerprint density at radius 2 is 2.17 bits per heavy atom. The minimum absolute atomic E-state index is 0.216. The van der Waals surface area contributed by atoms with Gasteiger partial charge in [0.15, 0.2) is 9.84 Å². The van der Waals surface area contributed by atoms with Gasteiger partial charge in [-0.05, 0) is 12.8 Å². The molecule has 1 saturated heterocycles. The summed E-state index contributed by atoms with van der Waals surface area (Å²) in [4.78, 5) is 2.35. The van der Waals surface area contributed by atoms with Crippen LogP contribution in [0.2, 0.25) is 0 Å². The first-order valence-corrected chi connectivity index (χ1v) is 10.1. The van der Waals surface area contributed by atoms with E-state index >= 15 is 0 Å². The highest BCUT2D eigenvalue weighted by Gasteiger charge is 2.37. The summed E-state index contributed by atoms with van der Waals surface area (Å²) >= 11 is 0. The van der Waals surface area contributed by atoms with Gasteiger partial charge in [0, 0.05) is 19.3 Å². The third-order valence-corrected chi connectivity index (χ3v) is 6.01. The lowest BCUT2D eigenvalue weighted by molar-refractivity contribution is -0.0758. The fraction of sp³-hybridized carbons (Fsp3) is 0.800. The van der Waals surface area contributed by atoms with Gasteiger partial charge in [-0.15, -0.1) is 0 Å². The zero-order chi connectivity index (χ0) is 16.5. The largest absolute Gasteiger partial charge is 0.389 e. The van der Waals surface area contributed by atoms with Crippen LogP contribution < -0.4 is 0 Å². The molecule has 7 nitrogen and oxygen atoms in total. The molecule has 3 rings (SSSR count). The standard InChI is InChI=1S/C15H25N3O4S/c1-23(20,21)13-9-16-17-14(13)12-10-22-8-7-18(12)11-15(19)5-3-2-4-6-15/h9,12,19H,2-8,10-11H2,1H3,(H,16,17)/t12-/m1/s1. The van der Waals surface area contributed by atoms with E-state index in [1.165, 1.54) is 18.9 Å². The number of aliphatic hydroxyl groups is 1. The van der Waals surface area contributed by atoms with Crippen LogP contribution in [0, 0.1) is 0 Å². The zero-order valence-corrected chi connectivity index (χ0v) is 14.3. The quantitative estimate of drug-likeness (QED) is 0.843. The fourth-order valence-electron chi connectivity index (χ4n) is 3.66. The van der Waals surface area contributed by atoms with Crippen molar-refractivity contribution < 1.29 is 18.3 Å². The lowest BCUT2D eigenvalue weighted by Gasteiger charge is -2.42. The lowest BCUT2D eigenvalue weighted by Crippen LogP contribution is -2.50. The first-order valence-electron chi connectivity index (χ1n) is 8.17. The molecule has 1 aliphatic carbocycles. The van der Waals surface area contributed by atoms with Gasteiger partial charge in [0.1, 0.15) is 4.90 Å². The normalized spacial score (nSPS) is 26.3. The van der Waals surface area contributed by atoms with Crippen molar-refractivity contribution in [2.24, 2.45) is 0 Å². The maximum Gasteiger partial charge on any atom is 0.178 e. The summed E-state index contributed by atoms with van der Waals surface area (Å²) in [5.74, 6) is 0. The Balaban J connectivity index is 1.83. The van der Waals surface area contributed by atoms with Crippen molar-refractivity contribution in [3.8, 4) is 0 Å². The third-order valence-electron chi connectivity index (χ3n) is 4.89. The van der Waals surface area contributed by atoms with E-state index in [-0.39, 0.29) is 10.9 Å². The Morgan fingerprint density at radius 3 is 2.87 bits per heavy atom. The summed E-state index contributed by atoms with van der Waals surface area (Å²) in [5, 5.41) is 17.6. The molecular formula is C15H25N3O4S. The van der Waals surface area contributed by atoms with Crippen LogP contribution in [-0.4, -0.2) is 66.8 Å². The van der Waals surface area contributed by atoms with Gasteiger partial charge in [0.25, 0.3) is 0 Å². The number of hydrogen-bond acceptors (Lipinski definition) is 6. The number of sulfone groups is 1. The minimum atomic E-state index is -3.35. The Bertz CT molecular complexity index is 637. The first kappa shape index (κ1) is 16.9. The van der Waals surface area contributed by atoms with Crippen molar-refractivity contribution in [1.29, 1.82) is 0 Å². The van der Waals surface area contributed by atoms with Crippen molar-refractivity contribution >= 4 is 9.84 Å². The van der Waals surface area contributed by atoms with Gasteiger partial charge in [-0.25, -0.2) is 8.42 Å². The predicted octanol–water partition coefficient (Wildman–Crippen LogP) is 0.882. The Morgan fingerprint density at radius 1 is 1.43 bits per heavy atom. The van der Waals surface area contributed by atoms with E-state index in [0.717, 1.165) is 25.7 Å². The summed E-state index contributed by atoms with van der Waals surface area (Å²) in [7, 11) is -3.35. The average Bonchev–Trinajstić information content (AvgIpc) is 2.97. The highest BCUT2D eigenvalue weighted by Crippen LogP contribution is 2.33. The molecule has 0 aromatic carbocycles. The summed E-state index contributed by atoms with van der Waals surface area (Å²) < 4.78 is 29.5. The molecule has 0 radical (unpaired) electrons. The van der Waals surface area contributed by atoms with Crippen LogP contribution in [0.4, 0.5) is 0 Å². The van der Waals surface area contributed by atoms with Gasteiger partial charge in [-0.3, -0.25) is 10.00 Å². The number of β-amino-alcohol motifs (C(OH)–C–C–N with tert-alkyl or cyclic N) is 1. The van der Waals surface area contributed by atoms with Crippen molar-refractivity contribution in [2.75, 3.05) is 32.6 Å². The molecule has 1 aliphatic heterocycles. The highest BCUT2D eigenvalue weighted by molar-refractivity contribution is 7.90.